The van der Waals surface area contributed by atoms with E-state index in [1.807, 2.05) is 12.1 Å². The zero-order valence-corrected chi connectivity index (χ0v) is 20.5. The number of nitrogens with zero attached hydrogens (tertiary/aromatic N) is 1. The highest BCUT2D eigenvalue weighted by Crippen LogP contribution is 2.41. The Morgan fingerprint density at radius 1 is 0.909 bits per heavy atom. The quantitative estimate of drug-likeness (QED) is 0.201. The van der Waals surface area contributed by atoms with Crippen molar-refractivity contribution in [2.75, 3.05) is 0 Å². The monoisotopic (exact) mass is 445 g/mol. The third-order valence-electron chi connectivity index (χ3n) is 7.20. The normalized spacial score (nSPS) is 15.1. The molecule has 0 aromatic heterocycles. The van der Waals surface area contributed by atoms with Crippen molar-refractivity contribution in [3.63, 3.8) is 0 Å². The maximum atomic E-state index is 13.6. The molecule has 0 unspecified atom stereocenters. The lowest BCUT2D eigenvalue weighted by Crippen LogP contribution is -2.41. The Bertz CT molecular complexity index is 933. The second kappa shape index (κ2) is 12.6. The largest absolute Gasteiger partial charge is 0.424 e. The van der Waals surface area contributed by atoms with E-state index in [4.69, 9.17) is 4.74 Å². The molecule has 2 aromatic carbocycles. The molecule has 0 spiro atoms. The van der Waals surface area contributed by atoms with Crippen LogP contribution in [0.3, 0.4) is 0 Å². The standard InChI is InChI=1S/C30H39NO2/c1-3-5-6-7-8-10-13-25-14-17-27(18-15-25)30(20-11-9-12-21-30)29(32)33-28-19-16-24(4-2)22-26(28)23-31/h14-19,22H,3-13,20-21H2,1-2H3. The molecule has 0 bridgehead atoms. The summed E-state index contributed by atoms with van der Waals surface area (Å²) in [5.41, 5.74) is 3.29. The molecule has 3 heteroatoms. The van der Waals surface area contributed by atoms with Crippen molar-refractivity contribution in [3.8, 4) is 11.8 Å². The van der Waals surface area contributed by atoms with Crippen LogP contribution in [-0.2, 0) is 23.1 Å². The number of unbranched alkanes of at least 4 members (excludes halogenated alkanes) is 5. The first-order valence-corrected chi connectivity index (χ1v) is 13.0. The molecule has 1 aliphatic carbocycles. The van der Waals surface area contributed by atoms with Crippen LogP contribution in [0.5, 0.6) is 5.75 Å². The smallest absolute Gasteiger partial charge is 0.321 e. The van der Waals surface area contributed by atoms with Crippen molar-refractivity contribution in [2.45, 2.75) is 103 Å². The molecule has 0 heterocycles. The van der Waals surface area contributed by atoms with Crippen LogP contribution in [-0.4, -0.2) is 5.97 Å². The number of rotatable bonds is 11. The molecule has 2 aromatic rings. The third-order valence-corrected chi connectivity index (χ3v) is 7.20. The van der Waals surface area contributed by atoms with Gasteiger partial charge in [-0.15, -0.1) is 0 Å². The van der Waals surface area contributed by atoms with Crippen molar-refractivity contribution >= 4 is 5.97 Å². The van der Waals surface area contributed by atoms with Crippen molar-refractivity contribution < 1.29 is 9.53 Å². The first-order valence-electron chi connectivity index (χ1n) is 13.0. The Balaban J connectivity index is 1.72. The van der Waals surface area contributed by atoms with Gasteiger partial charge < -0.3 is 4.74 Å². The van der Waals surface area contributed by atoms with Crippen molar-refractivity contribution in [3.05, 3.63) is 64.7 Å². The number of nitriles is 1. The first-order chi connectivity index (χ1) is 16.1. The number of aryl methyl sites for hydroxylation is 2. The third kappa shape index (κ3) is 6.47. The van der Waals surface area contributed by atoms with E-state index in [-0.39, 0.29) is 5.97 Å². The molecule has 1 aliphatic rings. The lowest BCUT2D eigenvalue weighted by Gasteiger charge is -2.35. The molecule has 33 heavy (non-hydrogen) atoms. The van der Waals surface area contributed by atoms with Gasteiger partial charge in [0.05, 0.1) is 11.0 Å². The Hall–Kier alpha value is -2.60. The van der Waals surface area contributed by atoms with Gasteiger partial charge in [-0.1, -0.05) is 95.5 Å². The summed E-state index contributed by atoms with van der Waals surface area (Å²) in [6.45, 7) is 4.30. The van der Waals surface area contributed by atoms with Crippen LogP contribution >= 0.6 is 0 Å². The average Bonchev–Trinajstić information content (AvgIpc) is 2.87. The highest BCUT2D eigenvalue weighted by Gasteiger charge is 2.43. The minimum atomic E-state index is -0.618. The first kappa shape index (κ1) is 25.0. The van der Waals surface area contributed by atoms with Crippen LogP contribution in [0.4, 0.5) is 0 Å². The van der Waals surface area contributed by atoms with Crippen molar-refractivity contribution in [1.29, 1.82) is 5.26 Å². The number of carbonyl (C=O) groups is 1. The number of hydrogen-bond acceptors (Lipinski definition) is 3. The van der Waals surface area contributed by atoms with Gasteiger partial charge in [0, 0.05) is 0 Å². The van der Waals surface area contributed by atoms with Crippen molar-refractivity contribution in [1.82, 2.24) is 0 Å². The van der Waals surface area contributed by atoms with Gasteiger partial charge in [0.1, 0.15) is 11.8 Å². The van der Waals surface area contributed by atoms with Crippen LogP contribution in [0.15, 0.2) is 42.5 Å². The average molecular weight is 446 g/mol. The van der Waals surface area contributed by atoms with Gasteiger partial charge in [0.15, 0.2) is 0 Å². The molecule has 3 nitrogen and oxygen atoms in total. The van der Waals surface area contributed by atoms with Crippen molar-refractivity contribution in [2.24, 2.45) is 0 Å². The Kier molecular flexibility index (Phi) is 9.55. The van der Waals surface area contributed by atoms with E-state index >= 15 is 0 Å². The molecule has 1 saturated carbocycles. The van der Waals surface area contributed by atoms with Crippen LogP contribution in [0.1, 0.15) is 107 Å². The van der Waals surface area contributed by atoms with E-state index in [0.717, 1.165) is 56.1 Å². The van der Waals surface area contributed by atoms with E-state index in [9.17, 15) is 10.1 Å². The van der Waals surface area contributed by atoms with Gasteiger partial charge in [-0.3, -0.25) is 4.79 Å². The summed E-state index contributed by atoms with van der Waals surface area (Å²) < 4.78 is 5.91. The maximum Gasteiger partial charge on any atom is 0.321 e. The van der Waals surface area contributed by atoms with Crippen LogP contribution in [0, 0.1) is 11.3 Å². The molecular formula is C30H39NO2. The van der Waals surface area contributed by atoms with E-state index < -0.39 is 5.41 Å². The summed E-state index contributed by atoms with van der Waals surface area (Å²) in [5, 5.41) is 9.56. The van der Waals surface area contributed by atoms with Gasteiger partial charge in [-0.05, 0) is 60.9 Å². The summed E-state index contributed by atoms with van der Waals surface area (Å²) in [6, 6.07) is 16.4. The van der Waals surface area contributed by atoms with Gasteiger partial charge in [-0.2, -0.15) is 5.26 Å². The number of carbonyl (C=O) groups excluding carboxylic acids is 1. The molecule has 0 aliphatic heterocycles. The molecule has 1 fully saturated rings. The highest BCUT2D eigenvalue weighted by molar-refractivity contribution is 5.85. The van der Waals surface area contributed by atoms with Gasteiger partial charge in [0.25, 0.3) is 0 Å². The predicted octanol–water partition coefficient (Wildman–Crippen LogP) is 7.83. The lowest BCUT2D eigenvalue weighted by molar-refractivity contribution is -0.142. The SMILES string of the molecule is CCCCCCCCc1ccc(C2(C(=O)Oc3ccc(CC)cc3C#N)CCCCC2)cc1. The number of esters is 1. The summed E-state index contributed by atoms with van der Waals surface area (Å²) in [5.74, 6) is 0.163. The fourth-order valence-electron chi connectivity index (χ4n) is 5.04. The zero-order valence-electron chi connectivity index (χ0n) is 20.5. The topological polar surface area (TPSA) is 50.1 Å². The Morgan fingerprint density at radius 2 is 1.58 bits per heavy atom. The fraction of sp³-hybridized carbons (Fsp3) is 0.533. The molecule has 0 saturated heterocycles. The molecule has 176 valence electrons. The highest BCUT2D eigenvalue weighted by atomic mass is 16.5. The summed E-state index contributed by atoms with van der Waals surface area (Å²) in [7, 11) is 0. The van der Waals surface area contributed by atoms with E-state index in [1.54, 1.807) is 6.07 Å². The molecule has 3 rings (SSSR count). The van der Waals surface area contributed by atoms with E-state index in [1.165, 1.54) is 44.1 Å². The number of hydrogen-bond donors (Lipinski definition) is 0. The van der Waals surface area contributed by atoms with E-state index in [2.05, 4.69) is 44.2 Å². The minimum Gasteiger partial charge on any atom is -0.424 e. The maximum absolute atomic E-state index is 13.6. The number of ether oxygens (including phenoxy) is 1. The molecule has 0 amide bonds. The van der Waals surface area contributed by atoms with Gasteiger partial charge in [0.2, 0.25) is 0 Å². The van der Waals surface area contributed by atoms with Gasteiger partial charge in [-0.25, -0.2) is 0 Å². The second-order valence-electron chi connectivity index (χ2n) is 9.54. The van der Waals surface area contributed by atoms with Gasteiger partial charge >= 0.3 is 5.97 Å². The molecule has 0 radical (unpaired) electrons. The van der Waals surface area contributed by atoms with E-state index in [0.29, 0.717) is 11.3 Å². The summed E-state index contributed by atoms with van der Waals surface area (Å²) in [4.78, 5) is 13.6. The van der Waals surface area contributed by atoms with Crippen LogP contribution in [0.25, 0.3) is 0 Å². The summed E-state index contributed by atoms with van der Waals surface area (Å²) >= 11 is 0. The number of benzene rings is 2. The zero-order chi connectivity index (χ0) is 23.5. The molecule has 0 atom stereocenters. The Labute approximate surface area is 200 Å². The van der Waals surface area contributed by atoms with Crippen LogP contribution < -0.4 is 4.74 Å². The summed E-state index contributed by atoms with van der Waals surface area (Å²) in [6.07, 6.45) is 14.5. The fourth-order valence-corrected chi connectivity index (χ4v) is 5.04. The second-order valence-corrected chi connectivity index (χ2v) is 9.54. The molecular weight excluding hydrogens is 406 g/mol. The lowest BCUT2D eigenvalue weighted by atomic mass is 9.69. The van der Waals surface area contributed by atoms with Crippen LogP contribution in [0.2, 0.25) is 0 Å². The Morgan fingerprint density at radius 3 is 2.24 bits per heavy atom. The predicted molar refractivity (Wildman–Crippen MR) is 134 cm³/mol. The minimum absolute atomic E-state index is 0.216. The molecule has 0 N–H and O–H groups in total.